The molecule has 0 amide bonds. The first-order valence-corrected chi connectivity index (χ1v) is 10.3. The van der Waals surface area contributed by atoms with Crippen LogP contribution in [0, 0.1) is 34.5 Å². The van der Waals surface area contributed by atoms with Gasteiger partial charge in [0.15, 0.2) is 11.6 Å². The molecule has 1 N–H and O–H groups in total. The van der Waals surface area contributed by atoms with Crippen LogP contribution in [0.5, 0.6) is 0 Å². The second-order valence-electron chi connectivity index (χ2n) is 9.55. The zero-order valence-electron chi connectivity index (χ0n) is 15.5. The molecule has 26 heavy (non-hydrogen) atoms. The van der Waals surface area contributed by atoms with E-state index in [1.54, 1.807) is 0 Å². The fourth-order valence-electron chi connectivity index (χ4n) is 7.45. The maximum atomic E-state index is 12.7. The Kier molecular flexibility index (Phi) is 3.60. The summed E-state index contributed by atoms with van der Waals surface area (Å²) in [6.45, 7) is 2.49. The summed E-state index contributed by atoms with van der Waals surface area (Å²) in [4.78, 5) is 24.7. The standard InChI is InChI=1S/C21H28N2O3/c1-20-8-7-16-14(15(20)4-5-17(20)18(26)19-22-23-19)3-2-12-10-13(25)6-9-21(12,16)11-24/h10,14-17,19,24H,2-9,11H2,1H3/t14-,15-,16-,17+,20+,21+/m1/s1. The number of ketones is 2. The fraction of sp³-hybridized carbons (Fsp3) is 0.810. The highest BCUT2D eigenvalue weighted by molar-refractivity contribution is 5.91. The summed E-state index contributed by atoms with van der Waals surface area (Å²) in [6.07, 6.45) is 9.08. The number of nitrogens with zero attached hydrogens (tertiary/aromatic N) is 2. The minimum atomic E-state index is -0.373. The molecule has 0 spiro atoms. The van der Waals surface area contributed by atoms with E-state index in [0.717, 1.165) is 44.9 Å². The predicted octanol–water partition coefficient (Wildman–Crippen LogP) is 3.47. The van der Waals surface area contributed by atoms with Crippen molar-refractivity contribution in [1.29, 1.82) is 0 Å². The van der Waals surface area contributed by atoms with Crippen molar-refractivity contribution in [3.05, 3.63) is 11.6 Å². The van der Waals surface area contributed by atoms with E-state index in [9.17, 15) is 14.7 Å². The lowest BCUT2D eigenvalue weighted by molar-refractivity contribution is -0.131. The van der Waals surface area contributed by atoms with Gasteiger partial charge < -0.3 is 5.11 Å². The highest BCUT2D eigenvalue weighted by atomic mass is 16.3. The summed E-state index contributed by atoms with van der Waals surface area (Å²) in [5.41, 5.74) is 1.10. The number of hydrogen-bond donors (Lipinski definition) is 1. The van der Waals surface area contributed by atoms with Gasteiger partial charge in [0.25, 0.3) is 0 Å². The average Bonchev–Trinajstić information content (AvgIpc) is 3.42. The number of hydrogen-bond acceptors (Lipinski definition) is 5. The number of carbonyl (C=O) groups excluding carboxylic acids is 2. The third-order valence-corrected chi connectivity index (χ3v) is 8.80. The summed E-state index contributed by atoms with van der Waals surface area (Å²) < 4.78 is 0. The molecule has 5 nitrogen and oxygen atoms in total. The maximum absolute atomic E-state index is 12.7. The van der Waals surface area contributed by atoms with Crippen LogP contribution in [0.4, 0.5) is 0 Å². The third-order valence-electron chi connectivity index (χ3n) is 8.80. The van der Waals surface area contributed by atoms with Gasteiger partial charge in [0.1, 0.15) is 0 Å². The minimum Gasteiger partial charge on any atom is -0.395 e. The van der Waals surface area contributed by atoms with Gasteiger partial charge in [-0.15, -0.1) is 0 Å². The number of aliphatic hydroxyl groups is 1. The van der Waals surface area contributed by atoms with Gasteiger partial charge >= 0.3 is 0 Å². The Morgan fingerprint density at radius 2 is 1.96 bits per heavy atom. The minimum absolute atomic E-state index is 0.0637. The first kappa shape index (κ1) is 16.8. The summed E-state index contributed by atoms with van der Waals surface area (Å²) >= 11 is 0. The van der Waals surface area contributed by atoms with E-state index in [1.165, 1.54) is 5.57 Å². The Balaban J connectivity index is 1.46. The van der Waals surface area contributed by atoms with Crippen molar-refractivity contribution in [1.82, 2.24) is 0 Å². The molecule has 1 heterocycles. The van der Waals surface area contributed by atoms with Crippen LogP contribution in [0.25, 0.3) is 0 Å². The summed E-state index contributed by atoms with van der Waals surface area (Å²) in [5, 5.41) is 18.2. The zero-order chi connectivity index (χ0) is 18.1. The molecular formula is C21H28N2O3. The Bertz CT molecular complexity index is 723. The quantitative estimate of drug-likeness (QED) is 0.841. The van der Waals surface area contributed by atoms with E-state index in [1.807, 2.05) is 6.08 Å². The fourth-order valence-corrected chi connectivity index (χ4v) is 7.45. The second kappa shape index (κ2) is 5.57. The van der Waals surface area contributed by atoms with Gasteiger partial charge in [0.05, 0.1) is 6.61 Å². The average molecular weight is 356 g/mol. The monoisotopic (exact) mass is 356 g/mol. The molecule has 1 aliphatic heterocycles. The summed E-state index contributed by atoms with van der Waals surface area (Å²) in [7, 11) is 0. The van der Waals surface area contributed by atoms with Crippen molar-refractivity contribution in [2.75, 3.05) is 6.61 Å². The molecule has 5 heteroatoms. The smallest absolute Gasteiger partial charge is 0.238 e. The topological polar surface area (TPSA) is 79.1 Å². The van der Waals surface area contributed by atoms with E-state index < -0.39 is 0 Å². The van der Waals surface area contributed by atoms with Gasteiger partial charge in [-0.05, 0) is 74.2 Å². The van der Waals surface area contributed by atoms with Gasteiger partial charge in [-0.2, -0.15) is 10.2 Å². The number of fused-ring (bicyclic) bond motifs is 5. The maximum Gasteiger partial charge on any atom is 0.238 e. The molecule has 0 aromatic rings. The van der Waals surface area contributed by atoms with Crippen LogP contribution in [-0.4, -0.2) is 29.4 Å². The lowest BCUT2D eigenvalue weighted by Crippen LogP contribution is -2.53. The molecule has 0 aromatic heterocycles. The first-order chi connectivity index (χ1) is 12.5. The lowest BCUT2D eigenvalue weighted by Gasteiger charge is -2.58. The van der Waals surface area contributed by atoms with Crippen LogP contribution >= 0.6 is 0 Å². The highest BCUT2D eigenvalue weighted by Crippen LogP contribution is 2.66. The number of Topliss-reactive ketones (excluding diaryl/α,β-unsaturated/α-hetero) is 1. The van der Waals surface area contributed by atoms with Crippen LogP contribution in [0.2, 0.25) is 0 Å². The molecule has 3 saturated carbocycles. The molecule has 4 aliphatic carbocycles. The molecule has 6 atom stereocenters. The van der Waals surface area contributed by atoms with Crippen molar-refractivity contribution in [2.45, 2.75) is 64.5 Å². The highest BCUT2D eigenvalue weighted by Gasteiger charge is 2.61. The Labute approximate surface area is 154 Å². The van der Waals surface area contributed by atoms with Crippen molar-refractivity contribution < 1.29 is 14.7 Å². The van der Waals surface area contributed by atoms with Crippen LogP contribution < -0.4 is 0 Å². The molecule has 0 unspecified atom stereocenters. The lowest BCUT2D eigenvalue weighted by atomic mass is 9.46. The largest absolute Gasteiger partial charge is 0.395 e. The molecule has 0 aromatic carbocycles. The van der Waals surface area contributed by atoms with Gasteiger partial charge in [-0.25, -0.2) is 0 Å². The normalized spacial score (nSPS) is 47.0. The molecular weight excluding hydrogens is 328 g/mol. The SMILES string of the molecule is C[C@]12CC[C@@H]3[C@H](CCC4=CC(=O)CC[C@]43CO)[C@H]1CC[C@H]2C(=O)C1N=N1. The third kappa shape index (κ3) is 2.12. The molecule has 5 aliphatic rings. The zero-order valence-corrected chi connectivity index (χ0v) is 15.5. The van der Waals surface area contributed by atoms with Gasteiger partial charge in [0, 0.05) is 17.8 Å². The second-order valence-corrected chi connectivity index (χ2v) is 9.55. The summed E-state index contributed by atoms with van der Waals surface area (Å²) in [5.74, 6) is 2.15. The van der Waals surface area contributed by atoms with Gasteiger partial charge in [-0.3, -0.25) is 9.59 Å². The molecule has 5 rings (SSSR count). The number of carbonyl (C=O) groups is 2. The summed E-state index contributed by atoms with van der Waals surface area (Å²) in [6, 6.07) is 0. The van der Waals surface area contributed by atoms with E-state index in [2.05, 4.69) is 17.2 Å². The number of aliphatic hydroxyl groups excluding tert-OH is 1. The van der Waals surface area contributed by atoms with Crippen molar-refractivity contribution in [3.8, 4) is 0 Å². The Hall–Kier alpha value is -1.36. The predicted molar refractivity (Wildman–Crippen MR) is 95.3 cm³/mol. The van der Waals surface area contributed by atoms with E-state index in [0.29, 0.717) is 24.2 Å². The molecule has 0 radical (unpaired) electrons. The first-order valence-electron chi connectivity index (χ1n) is 10.3. The van der Waals surface area contributed by atoms with Crippen molar-refractivity contribution >= 4 is 11.6 Å². The Morgan fingerprint density at radius 1 is 1.15 bits per heavy atom. The van der Waals surface area contributed by atoms with Crippen LogP contribution in [0.3, 0.4) is 0 Å². The van der Waals surface area contributed by atoms with E-state index in [-0.39, 0.29) is 41.1 Å². The van der Waals surface area contributed by atoms with E-state index >= 15 is 0 Å². The Morgan fingerprint density at radius 3 is 2.69 bits per heavy atom. The van der Waals surface area contributed by atoms with Crippen molar-refractivity contribution in [2.24, 2.45) is 44.7 Å². The van der Waals surface area contributed by atoms with Gasteiger partial charge in [-0.1, -0.05) is 12.5 Å². The van der Waals surface area contributed by atoms with Crippen LogP contribution in [-0.2, 0) is 9.59 Å². The molecule has 0 saturated heterocycles. The number of rotatable bonds is 3. The molecule has 0 bridgehead atoms. The van der Waals surface area contributed by atoms with Crippen LogP contribution in [0.1, 0.15) is 58.3 Å². The van der Waals surface area contributed by atoms with Crippen molar-refractivity contribution in [3.63, 3.8) is 0 Å². The molecule has 140 valence electrons. The van der Waals surface area contributed by atoms with Gasteiger partial charge in [0.2, 0.25) is 6.17 Å². The van der Waals surface area contributed by atoms with E-state index in [4.69, 9.17) is 0 Å². The van der Waals surface area contributed by atoms with Crippen LogP contribution in [0.15, 0.2) is 21.9 Å². The molecule has 3 fully saturated rings.